The van der Waals surface area contributed by atoms with Crippen LogP contribution in [0.25, 0.3) is 0 Å². The first-order valence-electron chi connectivity index (χ1n) is 2.63. The molecule has 2 unspecified atom stereocenters. The van der Waals surface area contributed by atoms with Gasteiger partial charge in [0.25, 0.3) is 0 Å². The highest BCUT2D eigenvalue weighted by atomic mass is 32.2. The Kier molecular flexibility index (Phi) is 3.65. The third-order valence-electron chi connectivity index (χ3n) is 0.970. The molecule has 54 valence electrons. The molecule has 0 aromatic heterocycles. The number of hydrogen-bond acceptors (Lipinski definition) is 2. The van der Waals surface area contributed by atoms with Gasteiger partial charge in [0.1, 0.15) is 5.75 Å². The van der Waals surface area contributed by atoms with E-state index in [1.807, 2.05) is 0 Å². The van der Waals surface area contributed by atoms with Gasteiger partial charge in [-0.2, -0.15) is 0 Å². The molecule has 9 heavy (non-hydrogen) atoms. The minimum absolute atomic E-state index is 0.268. The fourth-order valence-corrected chi connectivity index (χ4v) is 1.30. The number of nitrogens with two attached hydrogens (primary N) is 1. The van der Waals surface area contributed by atoms with Crippen LogP contribution in [0.15, 0.2) is 0 Å². The summed E-state index contributed by atoms with van der Waals surface area (Å²) in [6.07, 6.45) is 1.56. The molecule has 0 aromatic rings. The molecule has 0 aliphatic carbocycles. The molecule has 0 saturated heterocycles. The number of hydrogen-bond donors (Lipinski definition) is 1. The van der Waals surface area contributed by atoms with Crippen molar-refractivity contribution in [3.05, 3.63) is 0 Å². The van der Waals surface area contributed by atoms with E-state index in [9.17, 15) is 9.35 Å². The molecule has 0 bridgehead atoms. The highest BCUT2D eigenvalue weighted by Crippen LogP contribution is 1.97. The lowest BCUT2D eigenvalue weighted by Gasteiger charge is -2.07. The molecule has 0 saturated carbocycles. The lowest BCUT2D eigenvalue weighted by Crippen LogP contribution is -2.26. The minimum atomic E-state index is -0.917. The van der Waals surface area contributed by atoms with Gasteiger partial charge in [0.15, 0.2) is 0 Å². The molecule has 2 N–H and O–H groups in total. The molecule has 4 heteroatoms. The summed E-state index contributed by atoms with van der Waals surface area (Å²) in [7, 11) is 0. The van der Waals surface area contributed by atoms with Crippen molar-refractivity contribution >= 4 is 17.1 Å². The fraction of sp³-hybridized carbons (Fsp3) is 0.800. The quantitative estimate of drug-likeness (QED) is 0.549. The molecule has 2 atom stereocenters. The van der Waals surface area contributed by atoms with Gasteiger partial charge >= 0.3 is 0 Å². The smallest absolute Gasteiger partial charge is 0.224 e. The van der Waals surface area contributed by atoms with E-state index in [0.29, 0.717) is 5.75 Å². The van der Waals surface area contributed by atoms with Crippen LogP contribution in [0.2, 0.25) is 0 Å². The van der Waals surface area contributed by atoms with Crippen molar-refractivity contribution in [2.75, 3.05) is 12.0 Å². The summed E-state index contributed by atoms with van der Waals surface area (Å²) < 4.78 is 10.5. The Hall–Kier alpha value is -0.220. The molecule has 3 nitrogen and oxygen atoms in total. The summed E-state index contributed by atoms with van der Waals surface area (Å²) >= 11 is -0.917. The average Bonchev–Trinajstić information content (AvgIpc) is 1.63. The molecule has 0 aliphatic heterocycles. The summed E-state index contributed by atoms with van der Waals surface area (Å²) in [4.78, 5) is 10.3. The molecule has 0 fully saturated rings. The van der Waals surface area contributed by atoms with Crippen LogP contribution in [0.3, 0.4) is 0 Å². The Labute approximate surface area is 57.8 Å². The van der Waals surface area contributed by atoms with Crippen molar-refractivity contribution in [3.8, 4) is 0 Å². The molecule has 0 rings (SSSR count). The van der Waals surface area contributed by atoms with E-state index in [2.05, 4.69) is 0 Å². The summed E-state index contributed by atoms with van der Waals surface area (Å²) in [5.41, 5.74) is 4.91. The van der Waals surface area contributed by atoms with Crippen molar-refractivity contribution in [1.29, 1.82) is 0 Å². The van der Waals surface area contributed by atoms with Gasteiger partial charge in [0.2, 0.25) is 5.91 Å². The number of amides is 1. The fourth-order valence-electron chi connectivity index (χ4n) is 0.434. The first kappa shape index (κ1) is 8.78. The maximum atomic E-state index is 10.5. The Morgan fingerprint density at radius 2 is 2.33 bits per heavy atom. The molecule has 0 spiro atoms. The molecule has 0 heterocycles. The van der Waals surface area contributed by atoms with Gasteiger partial charge in [0.05, 0.1) is 12.2 Å². The van der Waals surface area contributed by atoms with Crippen molar-refractivity contribution in [1.82, 2.24) is 0 Å². The summed E-state index contributed by atoms with van der Waals surface area (Å²) in [5.74, 6) is -0.281. The predicted octanol–water partition coefficient (Wildman–Crippen LogP) is -0.514. The zero-order valence-corrected chi connectivity index (χ0v) is 6.40. The zero-order chi connectivity index (χ0) is 7.44. The second-order valence-corrected chi connectivity index (χ2v) is 3.52. The normalized spacial score (nSPS) is 16.8. The third-order valence-corrected chi connectivity index (χ3v) is 1.94. The molecule has 1 amide bonds. The van der Waals surface area contributed by atoms with Gasteiger partial charge in [-0.1, -0.05) is 11.2 Å². The third kappa shape index (κ3) is 4.29. The van der Waals surface area contributed by atoms with E-state index in [1.54, 1.807) is 13.2 Å². The van der Waals surface area contributed by atoms with Gasteiger partial charge in [-0.05, 0) is 6.92 Å². The first-order valence-corrected chi connectivity index (χ1v) is 4.36. The van der Waals surface area contributed by atoms with Crippen LogP contribution in [0.5, 0.6) is 0 Å². The zero-order valence-electron chi connectivity index (χ0n) is 5.59. The van der Waals surface area contributed by atoms with Gasteiger partial charge in [-0.3, -0.25) is 4.79 Å². The monoisotopic (exact) mass is 149 g/mol. The lowest BCUT2D eigenvalue weighted by molar-refractivity contribution is -0.120. The van der Waals surface area contributed by atoms with E-state index >= 15 is 0 Å². The van der Waals surface area contributed by atoms with Crippen molar-refractivity contribution in [2.24, 2.45) is 11.7 Å². The van der Waals surface area contributed by atoms with Gasteiger partial charge in [-0.15, -0.1) is 0 Å². The Morgan fingerprint density at radius 3 is 2.44 bits per heavy atom. The van der Waals surface area contributed by atoms with Crippen LogP contribution < -0.4 is 5.73 Å². The highest BCUT2D eigenvalue weighted by molar-refractivity contribution is 7.90. The standard InChI is InChI=1S/C5H11NO2S/c1-4(5(6)7)3-9(2)8/h4H,3H2,1-2H3,(H2,6,7). The Balaban J connectivity index is 3.50. The Bertz CT molecular complexity index is 105. The van der Waals surface area contributed by atoms with E-state index in [1.165, 1.54) is 0 Å². The van der Waals surface area contributed by atoms with Crippen LogP contribution in [0.4, 0.5) is 0 Å². The van der Waals surface area contributed by atoms with Crippen LogP contribution in [0, 0.1) is 5.92 Å². The van der Waals surface area contributed by atoms with Gasteiger partial charge < -0.3 is 10.3 Å². The summed E-state index contributed by atoms with van der Waals surface area (Å²) in [6.45, 7) is 1.67. The average molecular weight is 149 g/mol. The second-order valence-electron chi connectivity index (χ2n) is 2.04. The second kappa shape index (κ2) is 3.74. The van der Waals surface area contributed by atoms with Crippen molar-refractivity contribution in [3.63, 3.8) is 0 Å². The number of rotatable bonds is 3. The number of carbonyl (C=O) groups excluding carboxylic acids is 1. The van der Waals surface area contributed by atoms with Crippen LogP contribution >= 0.6 is 0 Å². The maximum Gasteiger partial charge on any atom is 0.224 e. The largest absolute Gasteiger partial charge is 0.617 e. The molecular weight excluding hydrogens is 138 g/mol. The first-order chi connectivity index (χ1) is 4.04. The van der Waals surface area contributed by atoms with E-state index in [4.69, 9.17) is 5.73 Å². The maximum absolute atomic E-state index is 10.5. The Morgan fingerprint density at radius 1 is 1.89 bits per heavy atom. The van der Waals surface area contributed by atoms with Crippen LogP contribution in [0.1, 0.15) is 6.92 Å². The van der Waals surface area contributed by atoms with Crippen molar-refractivity contribution in [2.45, 2.75) is 6.92 Å². The molecule has 0 radical (unpaired) electrons. The number of primary amides is 1. The van der Waals surface area contributed by atoms with E-state index in [0.717, 1.165) is 0 Å². The van der Waals surface area contributed by atoms with Gasteiger partial charge in [0, 0.05) is 0 Å². The molecule has 0 aliphatic rings. The SMILES string of the molecule is CC(C[S+](C)[O-])C(N)=O. The molecule has 0 aromatic carbocycles. The van der Waals surface area contributed by atoms with Crippen molar-refractivity contribution < 1.29 is 9.35 Å². The minimum Gasteiger partial charge on any atom is -0.617 e. The topological polar surface area (TPSA) is 66.2 Å². The lowest BCUT2D eigenvalue weighted by atomic mass is 10.2. The van der Waals surface area contributed by atoms with E-state index in [-0.39, 0.29) is 11.8 Å². The van der Waals surface area contributed by atoms with E-state index < -0.39 is 11.2 Å². The highest BCUT2D eigenvalue weighted by Gasteiger charge is 2.12. The van der Waals surface area contributed by atoms with Crippen LogP contribution in [-0.2, 0) is 16.0 Å². The summed E-state index contributed by atoms with van der Waals surface area (Å²) in [5, 5.41) is 0. The summed E-state index contributed by atoms with van der Waals surface area (Å²) in [6, 6.07) is 0. The predicted molar refractivity (Wildman–Crippen MR) is 37.3 cm³/mol. The molecular formula is C5H11NO2S. The van der Waals surface area contributed by atoms with Gasteiger partial charge in [-0.25, -0.2) is 0 Å². The number of carbonyl (C=O) groups is 1. The van der Waals surface area contributed by atoms with Crippen LogP contribution in [-0.4, -0.2) is 22.5 Å².